The van der Waals surface area contributed by atoms with Crippen molar-refractivity contribution in [2.45, 2.75) is 13.3 Å². The molecular weight excluding hydrogens is 371 g/mol. The minimum absolute atomic E-state index is 0. The van der Waals surface area contributed by atoms with Gasteiger partial charge in [0.2, 0.25) is 0 Å². The monoisotopic (exact) mass is 387 g/mol. The first-order valence-corrected chi connectivity index (χ1v) is 5.87. The Hall–Kier alpha value is -0.690. The van der Waals surface area contributed by atoms with E-state index in [0.29, 0.717) is 5.92 Å². The summed E-state index contributed by atoms with van der Waals surface area (Å²) in [4.78, 5) is 0. The van der Waals surface area contributed by atoms with Crippen LogP contribution in [0.3, 0.4) is 0 Å². The Labute approximate surface area is 122 Å². The van der Waals surface area contributed by atoms with Gasteiger partial charge < -0.3 is 0 Å². The summed E-state index contributed by atoms with van der Waals surface area (Å²) in [7, 11) is 0. The Balaban J connectivity index is 0.00000108. The predicted molar refractivity (Wildman–Crippen MR) is 68.1 cm³/mol. The molecule has 1 radical (unpaired) electrons. The second-order valence-electron chi connectivity index (χ2n) is 4.59. The first-order chi connectivity index (χ1) is 7.84. The van der Waals surface area contributed by atoms with Crippen LogP contribution in [0.4, 0.5) is 0 Å². The van der Waals surface area contributed by atoms with Gasteiger partial charge in [-0.25, -0.2) is 0 Å². The Morgan fingerprint density at radius 3 is 2.47 bits per heavy atom. The molecule has 1 unspecified atom stereocenters. The minimum atomic E-state index is 0. The van der Waals surface area contributed by atoms with Crippen molar-refractivity contribution in [3.8, 4) is 11.1 Å². The molecule has 1 atom stereocenters. The van der Waals surface area contributed by atoms with Crippen LogP contribution in [-0.4, -0.2) is 0 Å². The van der Waals surface area contributed by atoms with Crippen LogP contribution in [0, 0.1) is 12.3 Å². The van der Waals surface area contributed by atoms with E-state index in [9.17, 15) is 0 Å². The second-order valence-corrected chi connectivity index (χ2v) is 4.59. The van der Waals surface area contributed by atoms with Crippen molar-refractivity contribution in [2.24, 2.45) is 5.92 Å². The summed E-state index contributed by atoms with van der Waals surface area (Å²) in [6.45, 7) is 2.29. The van der Waals surface area contributed by atoms with Crippen molar-refractivity contribution in [3.05, 3.63) is 66.1 Å². The van der Waals surface area contributed by atoms with Crippen molar-refractivity contribution in [1.82, 2.24) is 0 Å². The van der Waals surface area contributed by atoms with Gasteiger partial charge in [0, 0.05) is 25.8 Å². The van der Waals surface area contributed by atoms with Gasteiger partial charge in [-0.3, -0.25) is 0 Å². The molecule has 2 aromatic rings. The molecule has 0 amide bonds. The van der Waals surface area contributed by atoms with E-state index in [2.05, 4.69) is 61.9 Å². The van der Waals surface area contributed by atoms with Crippen molar-refractivity contribution >= 4 is 0 Å². The third-order valence-electron chi connectivity index (χ3n) is 3.29. The van der Waals surface area contributed by atoms with E-state index in [-0.39, 0.29) is 25.8 Å². The summed E-state index contributed by atoms with van der Waals surface area (Å²) in [6, 6.07) is 17.3. The number of hydrogen-bond donors (Lipinski definition) is 0. The van der Waals surface area contributed by atoms with Gasteiger partial charge in [-0.1, -0.05) is 55.5 Å². The molecule has 2 aromatic carbocycles. The molecular formula is C16H15Hf. The van der Waals surface area contributed by atoms with Crippen LogP contribution in [-0.2, 0) is 32.3 Å². The van der Waals surface area contributed by atoms with Gasteiger partial charge in [0.15, 0.2) is 0 Å². The Morgan fingerprint density at radius 2 is 1.71 bits per heavy atom. The van der Waals surface area contributed by atoms with Gasteiger partial charge in [-0.05, 0) is 41.0 Å². The quantitative estimate of drug-likeness (QED) is 0.648. The summed E-state index contributed by atoms with van der Waals surface area (Å²) in [5, 5.41) is 0. The molecule has 3 rings (SSSR count). The van der Waals surface area contributed by atoms with E-state index in [1.807, 2.05) is 0 Å². The molecule has 0 aromatic heterocycles. The maximum Gasteiger partial charge on any atom is 0 e. The predicted octanol–water partition coefficient (Wildman–Crippen LogP) is 4.10. The van der Waals surface area contributed by atoms with Gasteiger partial charge in [0.1, 0.15) is 0 Å². The molecule has 0 nitrogen and oxygen atoms in total. The van der Waals surface area contributed by atoms with Gasteiger partial charge in [-0.15, -0.1) is 0 Å². The minimum Gasteiger partial charge on any atom is -0.0622 e. The molecule has 1 heteroatoms. The van der Waals surface area contributed by atoms with Gasteiger partial charge in [0.25, 0.3) is 0 Å². The number of hydrogen-bond acceptors (Lipinski definition) is 0. The normalized spacial score (nSPS) is 17.4. The number of fused-ring (bicyclic) bond motifs is 1. The smallest absolute Gasteiger partial charge is 0 e. The number of rotatable bonds is 1. The molecule has 0 fully saturated rings. The Kier molecular flexibility index (Phi) is 3.98. The fraction of sp³-hybridized carbons (Fsp3) is 0.188. The molecule has 83 valence electrons. The van der Waals surface area contributed by atoms with E-state index in [4.69, 9.17) is 0 Å². The summed E-state index contributed by atoms with van der Waals surface area (Å²) in [5.41, 5.74) is 5.68. The molecule has 0 spiro atoms. The van der Waals surface area contributed by atoms with E-state index >= 15 is 0 Å². The van der Waals surface area contributed by atoms with E-state index in [1.165, 1.54) is 28.7 Å². The zero-order valence-electron chi connectivity index (χ0n) is 9.98. The Bertz CT molecular complexity index is 502. The molecule has 0 saturated heterocycles. The summed E-state index contributed by atoms with van der Waals surface area (Å²) in [5.74, 6) is 0.680. The van der Waals surface area contributed by atoms with Crippen LogP contribution in [0.5, 0.6) is 0 Å². The molecule has 0 heterocycles. The summed E-state index contributed by atoms with van der Waals surface area (Å²) >= 11 is 0. The van der Waals surface area contributed by atoms with Crippen molar-refractivity contribution in [2.75, 3.05) is 0 Å². The Morgan fingerprint density at radius 1 is 0.941 bits per heavy atom. The maximum atomic E-state index is 2.38. The molecule has 17 heavy (non-hydrogen) atoms. The molecule has 0 bridgehead atoms. The molecule has 1 aliphatic carbocycles. The summed E-state index contributed by atoms with van der Waals surface area (Å²) < 4.78 is 0. The fourth-order valence-corrected chi connectivity index (χ4v) is 2.56. The van der Waals surface area contributed by atoms with Crippen LogP contribution >= 0.6 is 0 Å². The number of benzene rings is 2. The second kappa shape index (κ2) is 5.31. The van der Waals surface area contributed by atoms with Crippen molar-refractivity contribution < 1.29 is 25.8 Å². The van der Waals surface area contributed by atoms with Crippen LogP contribution < -0.4 is 0 Å². The zero-order chi connectivity index (χ0) is 11.0. The fourth-order valence-electron chi connectivity index (χ4n) is 2.56. The van der Waals surface area contributed by atoms with E-state index in [1.54, 1.807) is 0 Å². The SMILES string of the molecule is CC1[CH]c2cccc(-c3ccccc3)c2C1.[Hf]. The molecule has 0 aliphatic heterocycles. The van der Waals surface area contributed by atoms with Gasteiger partial charge in [0.05, 0.1) is 0 Å². The van der Waals surface area contributed by atoms with Crippen molar-refractivity contribution in [1.29, 1.82) is 0 Å². The average molecular weight is 386 g/mol. The van der Waals surface area contributed by atoms with E-state index < -0.39 is 0 Å². The van der Waals surface area contributed by atoms with Gasteiger partial charge in [-0.2, -0.15) is 0 Å². The van der Waals surface area contributed by atoms with Crippen LogP contribution in [0.25, 0.3) is 11.1 Å². The largest absolute Gasteiger partial charge is 0.0622 e. The molecule has 1 aliphatic rings. The third kappa shape index (κ3) is 2.44. The maximum absolute atomic E-state index is 2.38. The first-order valence-electron chi connectivity index (χ1n) is 5.87. The van der Waals surface area contributed by atoms with Crippen LogP contribution in [0.2, 0.25) is 0 Å². The third-order valence-corrected chi connectivity index (χ3v) is 3.29. The van der Waals surface area contributed by atoms with E-state index in [0.717, 1.165) is 0 Å². The first kappa shape index (κ1) is 12.8. The molecule has 0 N–H and O–H groups in total. The zero-order valence-corrected chi connectivity index (χ0v) is 13.6. The molecule has 0 saturated carbocycles. The van der Waals surface area contributed by atoms with Crippen molar-refractivity contribution in [3.63, 3.8) is 0 Å². The average Bonchev–Trinajstić information content (AvgIpc) is 2.70. The summed E-state index contributed by atoms with van der Waals surface area (Å²) in [6.07, 6.45) is 3.56. The standard InChI is InChI=1S/C16H15.Hf/c1-12-10-14-8-5-9-15(16(14)11-12)13-6-3-2-4-7-13;/h2-10,12H,11H2,1H3;. The topological polar surface area (TPSA) is 0 Å². The van der Waals surface area contributed by atoms with Gasteiger partial charge >= 0.3 is 0 Å². The van der Waals surface area contributed by atoms with Crippen LogP contribution in [0.1, 0.15) is 18.1 Å². The van der Waals surface area contributed by atoms with Crippen LogP contribution in [0.15, 0.2) is 48.5 Å².